The SMILES string of the molecule is CC(N)(CC(F)=C(F)CNCC=N)C(=O)O. The van der Waals surface area contributed by atoms with E-state index in [-0.39, 0.29) is 6.54 Å². The number of carboxylic acid groups (broad SMARTS) is 1. The number of aliphatic carboxylic acids is 1. The molecule has 1 atom stereocenters. The van der Waals surface area contributed by atoms with Gasteiger partial charge in [0.15, 0.2) is 0 Å². The second-order valence-electron chi connectivity index (χ2n) is 3.54. The van der Waals surface area contributed by atoms with Crippen LogP contribution in [0.1, 0.15) is 13.3 Å². The lowest BCUT2D eigenvalue weighted by molar-refractivity contribution is -0.142. The zero-order valence-corrected chi connectivity index (χ0v) is 8.89. The van der Waals surface area contributed by atoms with E-state index in [1.54, 1.807) is 0 Å². The number of halogens is 2. The zero-order chi connectivity index (χ0) is 12.8. The summed E-state index contributed by atoms with van der Waals surface area (Å²) in [7, 11) is 0. The van der Waals surface area contributed by atoms with E-state index >= 15 is 0 Å². The van der Waals surface area contributed by atoms with Crippen molar-refractivity contribution in [2.24, 2.45) is 5.73 Å². The van der Waals surface area contributed by atoms with Crippen LogP contribution in [0.5, 0.6) is 0 Å². The molecule has 0 radical (unpaired) electrons. The molecule has 16 heavy (non-hydrogen) atoms. The Balaban J connectivity index is 4.41. The van der Waals surface area contributed by atoms with E-state index in [0.717, 1.165) is 13.1 Å². The number of nitrogens with one attached hydrogen (secondary N) is 2. The van der Waals surface area contributed by atoms with E-state index in [2.05, 4.69) is 5.32 Å². The van der Waals surface area contributed by atoms with Crippen molar-refractivity contribution in [2.75, 3.05) is 13.1 Å². The summed E-state index contributed by atoms with van der Waals surface area (Å²) < 4.78 is 26.2. The minimum Gasteiger partial charge on any atom is -0.480 e. The molecule has 0 aliphatic heterocycles. The van der Waals surface area contributed by atoms with Crippen LogP contribution in [-0.2, 0) is 4.79 Å². The van der Waals surface area contributed by atoms with Gasteiger partial charge in [-0.3, -0.25) is 4.79 Å². The summed E-state index contributed by atoms with van der Waals surface area (Å²) in [6.45, 7) is 0.823. The maximum Gasteiger partial charge on any atom is 0.323 e. The minimum atomic E-state index is -1.83. The predicted octanol–water partition coefficient (Wildman–Crippen LogP) is 0.568. The lowest BCUT2D eigenvalue weighted by atomic mass is 9.98. The Morgan fingerprint density at radius 1 is 1.56 bits per heavy atom. The zero-order valence-electron chi connectivity index (χ0n) is 8.89. The molecule has 1 unspecified atom stereocenters. The molecule has 0 aromatic heterocycles. The van der Waals surface area contributed by atoms with Crippen LogP contribution < -0.4 is 11.1 Å². The maximum absolute atomic E-state index is 13.1. The summed E-state index contributed by atoms with van der Waals surface area (Å²) in [4.78, 5) is 10.6. The van der Waals surface area contributed by atoms with Crippen molar-refractivity contribution in [3.05, 3.63) is 11.7 Å². The minimum absolute atomic E-state index is 0.111. The van der Waals surface area contributed by atoms with Crippen LogP contribution >= 0.6 is 0 Å². The second kappa shape index (κ2) is 6.29. The summed E-state index contributed by atoms with van der Waals surface area (Å²) in [6, 6.07) is 0. The largest absolute Gasteiger partial charge is 0.480 e. The third kappa shape index (κ3) is 4.94. The first-order valence-corrected chi connectivity index (χ1v) is 4.56. The van der Waals surface area contributed by atoms with E-state index < -0.39 is 36.1 Å². The Labute approximate surface area is 91.8 Å². The van der Waals surface area contributed by atoms with Crippen LogP contribution in [0.25, 0.3) is 0 Å². The summed E-state index contributed by atoms with van der Waals surface area (Å²) >= 11 is 0. The van der Waals surface area contributed by atoms with Gasteiger partial charge in [0.2, 0.25) is 0 Å². The topological polar surface area (TPSA) is 99.2 Å². The summed E-state index contributed by atoms with van der Waals surface area (Å²) in [5.74, 6) is -3.69. The average Bonchev–Trinajstić information content (AvgIpc) is 2.17. The van der Waals surface area contributed by atoms with Crippen molar-refractivity contribution in [3.8, 4) is 0 Å². The van der Waals surface area contributed by atoms with Gasteiger partial charge in [-0.2, -0.15) is 0 Å². The predicted molar refractivity (Wildman–Crippen MR) is 55.7 cm³/mol. The first-order valence-electron chi connectivity index (χ1n) is 4.56. The third-order valence-corrected chi connectivity index (χ3v) is 1.83. The molecular weight excluding hydrogens is 220 g/mol. The molecule has 7 heteroatoms. The third-order valence-electron chi connectivity index (χ3n) is 1.83. The van der Waals surface area contributed by atoms with E-state index in [4.69, 9.17) is 16.2 Å². The van der Waals surface area contributed by atoms with Gasteiger partial charge in [0.25, 0.3) is 0 Å². The molecular formula is C9H15F2N3O2. The molecule has 0 fully saturated rings. The normalized spacial score (nSPS) is 16.2. The molecule has 0 spiro atoms. The highest BCUT2D eigenvalue weighted by atomic mass is 19.2. The van der Waals surface area contributed by atoms with Gasteiger partial charge in [0.1, 0.15) is 17.2 Å². The lowest BCUT2D eigenvalue weighted by Crippen LogP contribution is -2.45. The summed E-state index contributed by atoms with van der Waals surface area (Å²) in [5, 5.41) is 17.7. The Morgan fingerprint density at radius 3 is 2.56 bits per heavy atom. The fourth-order valence-corrected chi connectivity index (χ4v) is 0.844. The second-order valence-corrected chi connectivity index (χ2v) is 3.54. The van der Waals surface area contributed by atoms with Crippen LogP contribution in [0.4, 0.5) is 8.78 Å². The van der Waals surface area contributed by atoms with E-state index in [0.29, 0.717) is 0 Å². The van der Waals surface area contributed by atoms with Crippen molar-refractivity contribution in [3.63, 3.8) is 0 Å². The number of nitrogens with two attached hydrogens (primary N) is 1. The molecule has 0 bridgehead atoms. The molecule has 5 nitrogen and oxygen atoms in total. The van der Waals surface area contributed by atoms with Crippen LogP contribution in [-0.4, -0.2) is 35.9 Å². The Morgan fingerprint density at radius 2 is 2.12 bits per heavy atom. The van der Waals surface area contributed by atoms with Crippen LogP contribution in [0.2, 0.25) is 0 Å². The first-order chi connectivity index (χ1) is 7.31. The highest BCUT2D eigenvalue weighted by Gasteiger charge is 2.30. The molecule has 0 aromatic rings. The van der Waals surface area contributed by atoms with Gasteiger partial charge in [0, 0.05) is 19.2 Å². The molecule has 5 N–H and O–H groups in total. The van der Waals surface area contributed by atoms with Gasteiger partial charge in [-0.25, -0.2) is 8.78 Å². The molecule has 0 aromatic carbocycles. The number of carboxylic acids is 1. The fourth-order valence-electron chi connectivity index (χ4n) is 0.844. The van der Waals surface area contributed by atoms with Crippen molar-refractivity contribution >= 4 is 12.2 Å². The van der Waals surface area contributed by atoms with Crippen molar-refractivity contribution in [2.45, 2.75) is 18.9 Å². The van der Waals surface area contributed by atoms with Gasteiger partial charge < -0.3 is 21.6 Å². The van der Waals surface area contributed by atoms with Crippen LogP contribution in [0, 0.1) is 5.41 Å². The smallest absolute Gasteiger partial charge is 0.323 e. The quantitative estimate of drug-likeness (QED) is 0.383. The standard InChI is InChI=1S/C9H15F2N3O2/c1-9(13,8(15)16)4-6(10)7(11)5-14-3-2-12/h2,12,14H,3-5,13H2,1H3,(H,15,16). The highest BCUT2D eigenvalue weighted by Crippen LogP contribution is 2.19. The van der Waals surface area contributed by atoms with Crippen molar-refractivity contribution in [1.29, 1.82) is 5.41 Å². The van der Waals surface area contributed by atoms with Gasteiger partial charge in [-0.1, -0.05) is 0 Å². The van der Waals surface area contributed by atoms with Crippen LogP contribution in [0.15, 0.2) is 11.7 Å². The lowest BCUT2D eigenvalue weighted by Gasteiger charge is -2.17. The first kappa shape index (κ1) is 14.7. The van der Waals surface area contributed by atoms with E-state index in [1.165, 1.54) is 0 Å². The summed E-state index contributed by atoms with van der Waals surface area (Å²) in [6.07, 6.45) is 0.288. The number of carbonyl (C=O) groups is 1. The molecule has 0 heterocycles. The molecule has 0 saturated heterocycles. The monoisotopic (exact) mass is 235 g/mol. The number of rotatable bonds is 7. The molecule has 0 amide bonds. The molecule has 0 aliphatic carbocycles. The van der Waals surface area contributed by atoms with E-state index in [9.17, 15) is 13.6 Å². The average molecular weight is 235 g/mol. The van der Waals surface area contributed by atoms with Crippen molar-refractivity contribution < 1.29 is 18.7 Å². The van der Waals surface area contributed by atoms with E-state index in [1.807, 2.05) is 0 Å². The number of hydrogen-bond acceptors (Lipinski definition) is 4. The van der Waals surface area contributed by atoms with Crippen LogP contribution in [0.3, 0.4) is 0 Å². The van der Waals surface area contributed by atoms with Gasteiger partial charge in [-0.15, -0.1) is 0 Å². The molecule has 92 valence electrons. The Bertz CT molecular complexity index is 303. The molecule has 0 saturated carbocycles. The van der Waals surface area contributed by atoms with Crippen molar-refractivity contribution in [1.82, 2.24) is 5.32 Å². The fraction of sp³-hybridized carbons (Fsp3) is 0.556. The summed E-state index contributed by atoms with van der Waals surface area (Å²) in [5.41, 5.74) is 3.43. The Hall–Kier alpha value is -1.34. The Kier molecular flexibility index (Phi) is 5.76. The number of hydrogen-bond donors (Lipinski definition) is 4. The molecule has 0 rings (SSSR count). The highest BCUT2D eigenvalue weighted by molar-refractivity contribution is 5.78. The van der Waals surface area contributed by atoms with Gasteiger partial charge >= 0.3 is 5.97 Å². The molecule has 0 aliphatic rings. The maximum atomic E-state index is 13.1. The van der Waals surface area contributed by atoms with Gasteiger partial charge in [0.05, 0.1) is 6.54 Å². The van der Waals surface area contributed by atoms with Gasteiger partial charge in [-0.05, 0) is 6.92 Å².